The summed E-state index contributed by atoms with van der Waals surface area (Å²) < 4.78 is 5.49. The number of nitrogens with zero attached hydrogens (tertiary/aromatic N) is 1. The van der Waals surface area contributed by atoms with E-state index in [1.54, 1.807) is 18.2 Å². The van der Waals surface area contributed by atoms with Crippen LogP contribution in [0.15, 0.2) is 18.2 Å². The SMILES string of the molecule is CC(C)(C)OCC(=O)CCCCCNc1cccc2c1C(=O)N(C1CCC(=O)NC1=O)C2=O. The molecule has 33 heavy (non-hydrogen) atoms. The number of unbranched alkanes of at least 4 members (excludes halogenated alkanes) is 2. The van der Waals surface area contributed by atoms with Crippen molar-refractivity contribution in [2.75, 3.05) is 18.5 Å². The molecule has 178 valence electrons. The lowest BCUT2D eigenvalue weighted by Gasteiger charge is -2.27. The molecule has 1 saturated heterocycles. The van der Waals surface area contributed by atoms with E-state index in [9.17, 15) is 24.0 Å². The smallest absolute Gasteiger partial charge is 0.264 e. The molecular weight excluding hydrogens is 426 g/mol. The average Bonchev–Trinajstić information content (AvgIpc) is 3.00. The zero-order valence-electron chi connectivity index (χ0n) is 19.4. The van der Waals surface area contributed by atoms with E-state index in [-0.39, 0.29) is 42.0 Å². The third-order valence-electron chi connectivity index (χ3n) is 5.58. The Morgan fingerprint density at radius 1 is 1.12 bits per heavy atom. The third kappa shape index (κ3) is 6.04. The number of hydrogen-bond acceptors (Lipinski definition) is 7. The Morgan fingerprint density at radius 3 is 2.58 bits per heavy atom. The summed E-state index contributed by atoms with van der Waals surface area (Å²) in [6.45, 7) is 6.43. The summed E-state index contributed by atoms with van der Waals surface area (Å²) in [5, 5.41) is 5.40. The van der Waals surface area contributed by atoms with Crippen molar-refractivity contribution in [2.24, 2.45) is 0 Å². The Labute approximate surface area is 193 Å². The van der Waals surface area contributed by atoms with Crippen molar-refractivity contribution in [1.29, 1.82) is 0 Å². The molecular formula is C24H31N3O6. The van der Waals surface area contributed by atoms with Gasteiger partial charge in [-0.25, -0.2) is 0 Å². The first-order valence-electron chi connectivity index (χ1n) is 11.3. The van der Waals surface area contributed by atoms with Gasteiger partial charge in [0.05, 0.1) is 16.7 Å². The molecule has 2 N–H and O–H groups in total. The van der Waals surface area contributed by atoms with Gasteiger partial charge in [-0.3, -0.25) is 34.2 Å². The van der Waals surface area contributed by atoms with Crippen LogP contribution in [0.1, 0.15) is 80.0 Å². The Balaban J connectivity index is 1.51. The predicted octanol–water partition coefficient (Wildman–Crippen LogP) is 2.44. The van der Waals surface area contributed by atoms with Crippen LogP contribution in [0, 0.1) is 0 Å². The molecule has 2 aliphatic rings. The number of ketones is 1. The van der Waals surface area contributed by atoms with Crippen molar-refractivity contribution < 1.29 is 28.7 Å². The zero-order chi connectivity index (χ0) is 24.2. The summed E-state index contributed by atoms with van der Waals surface area (Å²) >= 11 is 0. The van der Waals surface area contributed by atoms with E-state index in [1.807, 2.05) is 20.8 Å². The summed E-state index contributed by atoms with van der Waals surface area (Å²) in [6.07, 6.45) is 3.04. The summed E-state index contributed by atoms with van der Waals surface area (Å²) in [4.78, 5) is 62.4. The molecule has 1 fully saturated rings. The lowest BCUT2D eigenvalue weighted by Crippen LogP contribution is -2.54. The van der Waals surface area contributed by atoms with Crippen LogP contribution < -0.4 is 10.6 Å². The molecule has 2 aliphatic heterocycles. The first-order chi connectivity index (χ1) is 15.6. The second-order valence-corrected chi connectivity index (χ2v) is 9.35. The van der Waals surface area contributed by atoms with Gasteiger partial charge in [-0.2, -0.15) is 0 Å². The molecule has 0 bridgehead atoms. The lowest BCUT2D eigenvalue weighted by atomic mass is 10.0. The number of ether oxygens (including phenoxy) is 1. The van der Waals surface area contributed by atoms with Crippen LogP contribution in [0.2, 0.25) is 0 Å². The fourth-order valence-electron chi connectivity index (χ4n) is 3.88. The number of piperidine rings is 1. The lowest BCUT2D eigenvalue weighted by molar-refractivity contribution is -0.136. The van der Waals surface area contributed by atoms with E-state index >= 15 is 0 Å². The van der Waals surface area contributed by atoms with Crippen LogP contribution in [-0.4, -0.2) is 59.1 Å². The van der Waals surface area contributed by atoms with Crippen LogP contribution in [0.3, 0.4) is 0 Å². The largest absolute Gasteiger partial charge is 0.384 e. The van der Waals surface area contributed by atoms with Crippen LogP contribution in [0.4, 0.5) is 5.69 Å². The normalized spacial score (nSPS) is 18.4. The zero-order valence-corrected chi connectivity index (χ0v) is 19.4. The predicted molar refractivity (Wildman–Crippen MR) is 121 cm³/mol. The third-order valence-corrected chi connectivity index (χ3v) is 5.58. The molecule has 0 spiro atoms. The monoisotopic (exact) mass is 457 g/mol. The van der Waals surface area contributed by atoms with E-state index in [1.165, 1.54) is 0 Å². The Morgan fingerprint density at radius 2 is 1.88 bits per heavy atom. The highest BCUT2D eigenvalue weighted by molar-refractivity contribution is 6.25. The van der Waals surface area contributed by atoms with Crippen molar-refractivity contribution in [3.8, 4) is 0 Å². The minimum atomic E-state index is -0.984. The standard InChI is InChI=1S/C24H31N3O6/c1-24(2,3)33-14-15(28)8-5-4-6-13-25-17-10-7-9-16-20(17)23(32)27(22(16)31)18-11-12-19(29)26-21(18)30/h7,9-10,18,25H,4-6,8,11-14H2,1-3H3,(H,26,29,30). The van der Waals surface area contributed by atoms with Gasteiger partial charge in [0, 0.05) is 25.1 Å². The number of Topliss-reactive ketones (excluding diaryl/α,β-unsaturated/α-hetero) is 1. The van der Waals surface area contributed by atoms with Gasteiger partial charge in [-0.05, 0) is 52.2 Å². The van der Waals surface area contributed by atoms with E-state index in [0.717, 1.165) is 24.2 Å². The number of rotatable bonds is 10. The number of carbonyl (C=O) groups excluding carboxylic acids is 5. The van der Waals surface area contributed by atoms with E-state index in [0.29, 0.717) is 18.7 Å². The number of benzene rings is 1. The van der Waals surface area contributed by atoms with E-state index < -0.39 is 29.7 Å². The quantitative estimate of drug-likeness (QED) is 0.409. The first-order valence-corrected chi connectivity index (χ1v) is 11.3. The maximum Gasteiger partial charge on any atom is 0.264 e. The molecule has 0 aromatic heterocycles. The molecule has 3 rings (SSSR count). The van der Waals surface area contributed by atoms with Gasteiger partial charge in [0.1, 0.15) is 12.6 Å². The Hall–Kier alpha value is -3.07. The van der Waals surface area contributed by atoms with Crippen molar-refractivity contribution >= 4 is 35.1 Å². The number of amides is 4. The van der Waals surface area contributed by atoms with Crippen molar-refractivity contribution in [2.45, 2.75) is 70.9 Å². The molecule has 0 saturated carbocycles. The summed E-state index contributed by atoms with van der Waals surface area (Å²) in [6, 6.07) is 4.00. The molecule has 1 atom stereocenters. The summed E-state index contributed by atoms with van der Waals surface area (Å²) in [7, 11) is 0. The molecule has 4 amide bonds. The molecule has 2 heterocycles. The topological polar surface area (TPSA) is 122 Å². The van der Waals surface area contributed by atoms with Gasteiger partial charge in [0.15, 0.2) is 5.78 Å². The maximum absolute atomic E-state index is 13.0. The molecule has 0 radical (unpaired) electrons. The number of nitrogens with one attached hydrogen (secondary N) is 2. The highest BCUT2D eigenvalue weighted by Gasteiger charge is 2.45. The van der Waals surface area contributed by atoms with Gasteiger partial charge in [-0.1, -0.05) is 12.5 Å². The number of carbonyl (C=O) groups is 5. The second kappa shape index (κ2) is 10.2. The maximum atomic E-state index is 13.0. The highest BCUT2D eigenvalue weighted by Crippen LogP contribution is 2.32. The van der Waals surface area contributed by atoms with Gasteiger partial charge in [-0.15, -0.1) is 0 Å². The summed E-state index contributed by atoms with van der Waals surface area (Å²) in [5.74, 6) is -2.01. The first kappa shape index (κ1) is 24.6. The van der Waals surface area contributed by atoms with Crippen molar-refractivity contribution in [1.82, 2.24) is 10.2 Å². The number of anilines is 1. The number of hydrogen-bond donors (Lipinski definition) is 2. The Bertz CT molecular complexity index is 965. The summed E-state index contributed by atoms with van der Waals surface area (Å²) in [5.41, 5.74) is 0.707. The molecule has 0 aliphatic carbocycles. The highest BCUT2D eigenvalue weighted by atomic mass is 16.5. The number of fused-ring (bicyclic) bond motifs is 1. The number of imide groups is 2. The Kier molecular flexibility index (Phi) is 7.63. The molecule has 1 unspecified atom stereocenters. The average molecular weight is 458 g/mol. The van der Waals surface area contributed by atoms with Gasteiger partial charge in [0.2, 0.25) is 11.8 Å². The van der Waals surface area contributed by atoms with Gasteiger partial charge < -0.3 is 10.1 Å². The van der Waals surface area contributed by atoms with Crippen LogP contribution in [-0.2, 0) is 19.1 Å². The van der Waals surface area contributed by atoms with Crippen LogP contribution in [0.5, 0.6) is 0 Å². The van der Waals surface area contributed by atoms with Gasteiger partial charge >= 0.3 is 0 Å². The van der Waals surface area contributed by atoms with E-state index in [2.05, 4.69) is 10.6 Å². The molecule has 9 heteroatoms. The van der Waals surface area contributed by atoms with Crippen LogP contribution in [0.25, 0.3) is 0 Å². The van der Waals surface area contributed by atoms with Crippen molar-refractivity contribution in [3.63, 3.8) is 0 Å². The molecule has 9 nitrogen and oxygen atoms in total. The van der Waals surface area contributed by atoms with Gasteiger partial charge in [0.25, 0.3) is 11.8 Å². The van der Waals surface area contributed by atoms with Crippen molar-refractivity contribution in [3.05, 3.63) is 29.3 Å². The minimum absolute atomic E-state index is 0.0800. The van der Waals surface area contributed by atoms with E-state index in [4.69, 9.17) is 4.74 Å². The minimum Gasteiger partial charge on any atom is -0.384 e. The van der Waals surface area contributed by atoms with Crippen LogP contribution >= 0.6 is 0 Å². The fraction of sp³-hybridized carbons (Fsp3) is 0.542. The molecule has 1 aromatic carbocycles. The fourth-order valence-corrected chi connectivity index (χ4v) is 3.88. The molecule has 1 aromatic rings. The second-order valence-electron chi connectivity index (χ2n) is 9.35.